The number of aryl methyl sites for hydroxylation is 1. The Hall–Kier alpha value is -2.67. The Morgan fingerprint density at radius 3 is 2.32 bits per heavy atom. The molecule has 0 heterocycles. The number of rotatable bonds is 6. The Balaban J connectivity index is 2.19. The van der Waals surface area contributed by atoms with Gasteiger partial charge in [0.25, 0.3) is 15.9 Å². The first-order chi connectivity index (χ1) is 11.8. The smallest absolute Gasteiger partial charge is 0.264 e. The summed E-state index contributed by atoms with van der Waals surface area (Å²) in [6.07, 6.45) is 0.190. The molecular weight excluding hydrogens is 340 g/mol. The molecule has 2 aromatic carbocycles. The van der Waals surface area contributed by atoms with Gasteiger partial charge in [-0.25, -0.2) is 13.1 Å². The maximum atomic E-state index is 12.5. The highest BCUT2D eigenvalue weighted by molar-refractivity contribution is 7.90. The molecule has 0 aromatic heterocycles. The van der Waals surface area contributed by atoms with Crippen LogP contribution in [0.15, 0.2) is 59.5 Å². The second-order valence-electron chi connectivity index (χ2n) is 5.73. The average Bonchev–Trinajstić information content (AvgIpc) is 2.54. The second-order valence-corrected chi connectivity index (χ2v) is 7.41. The molecule has 2 amide bonds. The number of sulfonamides is 1. The van der Waals surface area contributed by atoms with E-state index in [-0.39, 0.29) is 11.3 Å². The molecule has 1 atom stereocenters. The fraction of sp³-hybridized carbons (Fsp3) is 0.222. The van der Waals surface area contributed by atoms with E-state index in [0.29, 0.717) is 0 Å². The van der Waals surface area contributed by atoms with Crippen molar-refractivity contribution in [3.8, 4) is 0 Å². The van der Waals surface area contributed by atoms with Crippen molar-refractivity contribution < 1.29 is 18.0 Å². The monoisotopic (exact) mass is 360 g/mol. The third kappa shape index (κ3) is 5.42. The zero-order valence-electron chi connectivity index (χ0n) is 14.0. The van der Waals surface area contributed by atoms with Gasteiger partial charge in [0.1, 0.15) is 6.04 Å². The van der Waals surface area contributed by atoms with Gasteiger partial charge in [0, 0.05) is 13.3 Å². The van der Waals surface area contributed by atoms with E-state index in [2.05, 4.69) is 5.32 Å². The number of benzene rings is 2. The molecule has 132 valence electrons. The summed E-state index contributed by atoms with van der Waals surface area (Å²) in [6, 6.07) is 14.3. The van der Waals surface area contributed by atoms with Crippen LogP contribution in [-0.2, 0) is 26.0 Å². The van der Waals surface area contributed by atoms with E-state index < -0.39 is 27.9 Å². The Labute approximate surface area is 147 Å². The predicted octanol–water partition coefficient (Wildman–Crippen LogP) is 1.55. The molecule has 2 N–H and O–H groups in total. The fourth-order valence-electron chi connectivity index (χ4n) is 2.35. The molecule has 0 spiro atoms. The minimum absolute atomic E-state index is 0.00198. The topological polar surface area (TPSA) is 92.3 Å². The third-order valence-electron chi connectivity index (χ3n) is 3.51. The van der Waals surface area contributed by atoms with Crippen LogP contribution < -0.4 is 10.0 Å². The predicted molar refractivity (Wildman–Crippen MR) is 94.3 cm³/mol. The molecule has 0 aliphatic carbocycles. The SMILES string of the molecule is CC(=O)N[C@@H](Cc1ccccc1)C(=O)NS(=O)(=O)c1cccc(C)c1. The van der Waals surface area contributed by atoms with Crippen LogP contribution in [0.1, 0.15) is 18.1 Å². The van der Waals surface area contributed by atoms with Gasteiger partial charge in [-0.3, -0.25) is 9.59 Å². The van der Waals surface area contributed by atoms with Gasteiger partial charge in [0.05, 0.1) is 4.90 Å². The minimum atomic E-state index is -4.01. The van der Waals surface area contributed by atoms with Gasteiger partial charge in [-0.1, -0.05) is 42.5 Å². The Kier molecular flexibility index (Phi) is 5.93. The summed E-state index contributed by atoms with van der Waals surface area (Å²) >= 11 is 0. The fourth-order valence-corrected chi connectivity index (χ4v) is 3.47. The van der Waals surface area contributed by atoms with Gasteiger partial charge in [-0.2, -0.15) is 0 Å². The molecule has 0 saturated heterocycles. The maximum absolute atomic E-state index is 12.5. The van der Waals surface area contributed by atoms with Crippen molar-refractivity contribution in [1.82, 2.24) is 10.0 Å². The van der Waals surface area contributed by atoms with Gasteiger partial charge in [0.2, 0.25) is 5.91 Å². The van der Waals surface area contributed by atoms with E-state index in [1.165, 1.54) is 19.1 Å². The molecule has 0 bridgehead atoms. The van der Waals surface area contributed by atoms with Crippen molar-refractivity contribution in [3.05, 3.63) is 65.7 Å². The molecule has 0 saturated carbocycles. The standard InChI is InChI=1S/C18H20N2O4S/c1-13-7-6-10-16(11-13)25(23,24)20-18(22)17(19-14(2)21)12-15-8-4-3-5-9-15/h3-11,17H,12H2,1-2H3,(H,19,21)(H,20,22)/t17-/m0/s1. The van der Waals surface area contributed by atoms with Crippen LogP contribution in [0.25, 0.3) is 0 Å². The highest BCUT2D eigenvalue weighted by atomic mass is 32.2. The minimum Gasteiger partial charge on any atom is -0.344 e. The Bertz CT molecular complexity index is 864. The third-order valence-corrected chi connectivity index (χ3v) is 4.86. The molecule has 0 fully saturated rings. The molecule has 0 aliphatic rings. The van der Waals surface area contributed by atoms with E-state index in [1.54, 1.807) is 31.2 Å². The summed E-state index contributed by atoms with van der Waals surface area (Å²) in [4.78, 5) is 23.8. The summed E-state index contributed by atoms with van der Waals surface area (Å²) in [5, 5.41) is 2.50. The quantitative estimate of drug-likeness (QED) is 0.817. The molecule has 0 radical (unpaired) electrons. The first-order valence-corrected chi connectivity index (χ1v) is 9.20. The largest absolute Gasteiger partial charge is 0.344 e. The number of amides is 2. The molecule has 0 aliphatic heterocycles. The van der Waals surface area contributed by atoms with Crippen LogP contribution in [0.3, 0.4) is 0 Å². The van der Waals surface area contributed by atoms with Gasteiger partial charge >= 0.3 is 0 Å². The van der Waals surface area contributed by atoms with E-state index in [1.807, 2.05) is 22.9 Å². The normalized spacial score (nSPS) is 12.2. The summed E-state index contributed by atoms with van der Waals surface area (Å²) in [5.74, 6) is -1.19. The summed E-state index contributed by atoms with van der Waals surface area (Å²) < 4.78 is 26.8. The first-order valence-electron chi connectivity index (χ1n) is 7.72. The van der Waals surface area contributed by atoms with Crippen LogP contribution in [0, 0.1) is 6.92 Å². The lowest BCUT2D eigenvalue weighted by Crippen LogP contribution is -2.49. The number of carbonyl (C=O) groups excluding carboxylic acids is 2. The highest BCUT2D eigenvalue weighted by Gasteiger charge is 2.25. The zero-order chi connectivity index (χ0) is 18.4. The highest BCUT2D eigenvalue weighted by Crippen LogP contribution is 2.11. The molecule has 7 heteroatoms. The van der Waals surface area contributed by atoms with Gasteiger partial charge < -0.3 is 5.32 Å². The van der Waals surface area contributed by atoms with Crippen molar-refractivity contribution in [2.45, 2.75) is 31.2 Å². The molecule has 25 heavy (non-hydrogen) atoms. The van der Waals surface area contributed by atoms with Gasteiger partial charge in [-0.15, -0.1) is 0 Å². The van der Waals surface area contributed by atoms with E-state index >= 15 is 0 Å². The number of carbonyl (C=O) groups is 2. The van der Waals surface area contributed by atoms with Crippen molar-refractivity contribution >= 4 is 21.8 Å². The number of hydrogen-bond donors (Lipinski definition) is 2. The van der Waals surface area contributed by atoms with E-state index in [4.69, 9.17) is 0 Å². The summed E-state index contributed by atoms with van der Waals surface area (Å²) in [6.45, 7) is 3.04. The van der Waals surface area contributed by atoms with E-state index in [0.717, 1.165) is 11.1 Å². The number of hydrogen-bond acceptors (Lipinski definition) is 4. The van der Waals surface area contributed by atoms with Gasteiger partial charge in [-0.05, 0) is 30.2 Å². The van der Waals surface area contributed by atoms with Crippen molar-refractivity contribution in [2.24, 2.45) is 0 Å². The number of nitrogens with one attached hydrogen (secondary N) is 2. The Morgan fingerprint density at radius 2 is 1.72 bits per heavy atom. The molecule has 0 unspecified atom stereocenters. The van der Waals surface area contributed by atoms with Crippen molar-refractivity contribution in [3.63, 3.8) is 0 Å². The second kappa shape index (κ2) is 7.94. The van der Waals surface area contributed by atoms with Crippen LogP contribution in [0.4, 0.5) is 0 Å². The van der Waals surface area contributed by atoms with Crippen LogP contribution in [0.2, 0.25) is 0 Å². The van der Waals surface area contributed by atoms with E-state index in [9.17, 15) is 18.0 Å². The van der Waals surface area contributed by atoms with Crippen molar-refractivity contribution in [2.75, 3.05) is 0 Å². The molecule has 6 nitrogen and oxygen atoms in total. The van der Waals surface area contributed by atoms with Crippen LogP contribution in [-0.4, -0.2) is 26.3 Å². The average molecular weight is 360 g/mol. The lowest BCUT2D eigenvalue weighted by molar-refractivity contribution is -0.126. The van der Waals surface area contributed by atoms with Crippen LogP contribution in [0.5, 0.6) is 0 Å². The van der Waals surface area contributed by atoms with Crippen molar-refractivity contribution in [1.29, 1.82) is 0 Å². The van der Waals surface area contributed by atoms with Crippen LogP contribution >= 0.6 is 0 Å². The molecule has 2 rings (SSSR count). The lowest BCUT2D eigenvalue weighted by atomic mass is 10.1. The molecule has 2 aromatic rings. The summed E-state index contributed by atoms with van der Waals surface area (Å²) in [7, 11) is -4.01. The summed E-state index contributed by atoms with van der Waals surface area (Å²) in [5.41, 5.74) is 1.57. The lowest BCUT2D eigenvalue weighted by Gasteiger charge is -2.18. The Morgan fingerprint density at radius 1 is 1.04 bits per heavy atom. The van der Waals surface area contributed by atoms with Gasteiger partial charge in [0.15, 0.2) is 0 Å². The first kappa shape index (κ1) is 18.7. The molecular formula is C18H20N2O4S. The zero-order valence-corrected chi connectivity index (χ0v) is 14.8. The maximum Gasteiger partial charge on any atom is 0.264 e.